The Morgan fingerprint density at radius 1 is 0.947 bits per heavy atom. The van der Waals surface area contributed by atoms with E-state index in [9.17, 15) is 4.79 Å². The van der Waals surface area contributed by atoms with E-state index < -0.39 is 0 Å². The Kier molecular flexibility index (Phi) is 14.0. The van der Waals surface area contributed by atoms with Gasteiger partial charge >= 0.3 is 0 Å². The van der Waals surface area contributed by atoms with Crippen molar-refractivity contribution in [1.82, 2.24) is 5.32 Å². The zero-order chi connectivity index (χ0) is 14.3. The number of alkyl halides is 1. The van der Waals surface area contributed by atoms with Crippen LogP contribution in [0, 0.1) is 0 Å². The maximum Gasteiger partial charge on any atom is 0.220 e. The molecule has 1 unspecified atom stereocenters. The molecule has 0 spiro atoms. The molecule has 0 bridgehead atoms. The minimum atomic E-state index is 0.146. The molecule has 0 fully saturated rings. The highest BCUT2D eigenvalue weighted by Gasteiger charge is 2.08. The number of hydrogen-bond donors (Lipinski definition) is 1. The van der Waals surface area contributed by atoms with Gasteiger partial charge in [-0.1, -0.05) is 65.2 Å². The van der Waals surface area contributed by atoms with E-state index in [4.69, 9.17) is 11.6 Å². The monoisotopic (exact) mass is 289 g/mol. The predicted molar refractivity (Wildman–Crippen MR) is 84.8 cm³/mol. The van der Waals surface area contributed by atoms with Crippen LogP contribution in [-0.2, 0) is 4.79 Å². The van der Waals surface area contributed by atoms with Crippen molar-refractivity contribution in [1.29, 1.82) is 0 Å². The van der Waals surface area contributed by atoms with Crippen LogP contribution >= 0.6 is 11.6 Å². The summed E-state index contributed by atoms with van der Waals surface area (Å²) in [6.07, 6.45) is 13.2. The number of carbonyl (C=O) groups excluding carboxylic acids is 1. The minimum absolute atomic E-state index is 0.146. The Morgan fingerprint density at radius 3 is 1.95 bits per heavy atom. The molecule has 114 valence electrons. The summed E-state index contributed by atoms with van der Waals surface area (Å²) in [5, 5.41) is 2.97. The van der Waals surface area contributed by atoms with Gasteiger partial charge < -0.3 is 5.32 Å². The third kappa shape index (κ3) is 12.5. The van der Waals surface area contributed by atoms with Gasteiger partial charge in [0, 0.05) is 18.3 Å². The second-order valence-corrected chi connectivity index (χ2v) is 5.71. The molecule has 0 radical (unpaired) electrons. The lowest BCUT2D eigenvalue weighted by Gasteiger charge is -2.13. The molecular weight excluding hydrogens is 258 g/mol. The molecule has 0 heterocycles. The summed E-state index contributed by atoms with van der Waals surface area (Å²) in [4.78, 5) is 11.6. The summed E-state index contributed by atoms with van der Waals surface area (Å²) in [6.45, 7) is 4.30. The Balaban J connectivity index is 3.27. The van der Waals surface area contributed by atoms with Gasteiger partial charge in [0.2, 0.25) is 5.91 Å². The molecule has 1 N–H and O–H groups in total. The average molecular weight is 290 g/mol. The number of hydrogen-bond acceptors (Lipinski definition) is 1. The molecular formula is C16H32ClNO. The van der Waals surface area contributed by atoms with E-state index in [-0.39, 0.29) is 11.9 Å². The first-order valence-electron chi connectivity index (χ1n) is 8.09. The first-order valence-corrected chi connectivity index (χ1v) is 8.63. The van der Waals surface area contributed by atoms with Crippen LogP contribution in [0.25, 0.3) is 0 Å². The maximum absolute atomic E-state index is 11.6. The van der Waals surface area contributed by atoms with Crippen LogP contribution < -0.4 is 5.32 Å². The van der Waals surface area contributed by atoms with Crippen LogP contribution in [-0.4, -0.2) is 17.8 Å². The zero-order valence-corrected chi connectivity index (χ0v) is 13.6. The topological polar surface area (TPSA) is 29.1 Å². The molecule has 1 amide bonds. The normalized spacial score (nSPS) is 12.4. The van der Waals surface area contributed by atoms with E-state index in [1.54, 1.807) is 0 Å². The van der Waals surface area contributed by atoms with Crippen LogP contribution in [0.15, 0.2) is 0 Å². The lowest BCUT2D eigenvalue weighted by molar-refractivity contribution is -0.121. The Hall–Kier alpha value is -0.240. The third-order valence-corrected chi connectivity index (χ3v) is 3.92. The number of carbonyl (C=O) groups is 1. The molecule has 0 aliphatic carbocycles. The van der Waals surface area contributed by atoms with Gasteiger partial charge in [-0.05, 0) is 12.8 Å². The fourth-order valence-corrected chi connectivity index (χ4v) is 2.44. The average Bonchev–Trinajstić information content (AvgIpc) is 2.43. The molecule has 3 heteroatoms. The number of halogens is 1. The van der Waals surface area contributed by atoms with Gasteiger partial charge in [0.25, 0.3) is 0 Å². The highest BCUT2D eigenvalue weighted by molar-refractivity contribution is 6.18. The quantitative estimate of drug-likeness (QED) is 0.373. The predicted octanol–water partition coefficient (Wildman–Crippen LogP) is 5.04. The molecule has 0 aromatic heterocycles. The highest BCUT2D eigenvalue weighted by Crippen LogP contribution is 2.10. The van der Waals surface area contributed by atoms with Crippen LogP contribution in [0.1, 0.15) is 84.5 Å². The second-order valence-electron chi connectivity index (χ2n) is 5.41. The van der Waals surface area contributed by atoms with E-state index in [1.807, 2.05) is 6.92 Å². The Morgan fingerprint density at radius 2 is 1.47 bits per heavy atom. The summed E-state index contributed by atoms with van der Waals surface area (Å²) >= 11 is 5.75. The smallest absolute Gasteiger partial charge is 0.220 e. The second kappa shape index (κ2) is 14.2. The number of rotatable bonds is 13. The van der Waals surface area contributed by atoms with E-state index in [0.717, 1.165) is 12.8 Å². The third-order valence-electron chi connectivity index (χ3n) is 3.55. The van der Waals surface area contributed by atoms with Crippen LogP contribution in [0.4, 0.5) is 0 Å². The molecule has 0 aromatic rings. The summed E-state index contributed by atoms with van der Waals surface area (Å²) in [5.41, 5.74) is 0. The molecule has 0 rings (SSSR count). The molecule has 0 saturated heterocycles. The molecule has 0 saturated carbocycles. The van der Waals surface area contributed by atoms with Crippen LogP contribution in [0.2, 0.25) is 0 Å². The lowest BCUT2D eigenvalue weighted by atomic mass is 10.1. The van der Waals surface area contributed by atoms with Gasteiger partial charge in [0.1, 0.15) is 0 Å². The molecule has 0 aromatic carbocycles. The fourth-order valence-electron chi connectivity index (χ4n) is 2.15. The summed E-state index contributed by atoms with van der Waals surface area (Å²) in [7, 11) is 0. The largest absolute Gasteiger partial charge is 0.352 e. The summed E-state index contributed by atoms with van der Waals surface area (Å²) < 4.78 is 0. The van der Waals surface area contributed by atoms with Crippen LogP contribution in [0.3, 0.4) is 0 Å². The summed E-state index contributed by atoms with van der Waals surface area (Å²) in [6, 6.07) is 0.146. The lowest BCUT2D eigenvalue weighted by Crippen LogP contribution is -2.35. The van der Waals surface area contributed by atoms with Gasteiger partial charge in [-0.2, -0.15) is 0 Å². The molecule has 19 heavy (non-hydrogen) atoms. The van der Waals surface area contributed by atoms with Crippen molar-refractivity contribution in [3.8, 4) is 0 Å². The van der Waals surface area contributed by atoms with Crippen molar-refractivity contribution in [2.24, 2.45) is 0 Å². The van der Waals surface area contributed by atoms with E-state index >= 15 is 0 Å². The Bertz CT molecular complexity index is 205. The van der Waals surface area contributed by atoms with Gasteiger partial charge in [-0.25, -0.2) is 0 Å². The molecule has 0 aliphatic heterocycles. The van der Waals surface area contributed by atoms with E-state index in [0.29, 0.717) is 12.3 Å². The van der Waals surface area contributed by atoms with Crippen LogP contribution in [0.5, 0.6) is 0 Å². The van der Waals surface area contributed by atoms with Crippen molar-refractivity contribution in [2.45, 2.75) is 90.5 Å². The molecule has 0 aliphatic rings. The minimum Gasteiger partial charge on any atom is -0.352 e. The number of unbranched alkanes of at least 4 members (excludes halogenated alkanes) is 8. The van der Waals surface area contributed by atoms with Crippen molar-refractivity contribution < 1.29 is 4.79 Å². The number of amides is 1. The Labute approximate surface area is 124 Å². The molecule has 2 nitrogen and oxygen atoms in total. The van der Waals surface area contributed by atoms with E-state index in [2.05, 4.69) is 12.2 Å². The zero-order valence-electron chi connectivity index (χ0n) is 12.8. The maximum atomic E-state index is 11.6. The highest BCUT2D eigenvalue weighted by atomic mass is 35.5. The van der Waals surface area contributed by atoms with Crippen molar-refractivity contribution >= 4 is 17.5 Å². The van der Waals surface area contributed by atoms with Crippen molar-refractivity contribution in [3.05, 3.63) is 0 Å². The fraction of sp³-hybridized carbons (Fsp3) is 0.938. The van der Waals surface area contributed by atoms with Gasteiger partial charge in [-0.15, -0.1) is 11.6 Å². The van der Waals surface area contributed by atoms with Gasteiger partial charge in [0.05, 0.1) is 0 Å². The van der Waals surface area contributed by atoms with Gasteiger partial charge in [-0.3, -0.25) is 4.79 Å². The molecule has 1 atom stereocenters. The first-order chi connectivity index (χ1) is 9.24. The number of nitrogens with one attached hydrogen (secondary N) is 1. The van der Waals surface area contributed by atoms with Crippen molar-refractivity contribution in [2.75, 3.05) is 5.88 Å². The van der Waals surface area contributed by atoms with E-state index in [1.165, 1.54) is 51.4 Å². The standard InChI is InChI=1S/C16H32ClNO/c1-3-5-6-7-8-9-10-11-12-13-16(19)18-15(4-2)14-17/h15H,3-14H2,1-2H3,(H,18,19). The van der Waals surface area contributed by atoms with Crippen molar-refractivity contribution in [3.63, 3.8) is 0 Å². The van der Waals surface area contributed by atoms with Gasteiger partial charge in [0.15, 0.2) is 0 Å². The summed E-state index contributed by atoms with van der Waals surface area (Å²) in [5.74, 6) is 0.676. The first kappa shape index (κ1) is 18.8. The SMILES string of the molecule is CCCCCCCCCCCC(=O)NC(CC)CCl.